The van der Waals surface area contributed by atoms with Crippen LogP contribution in [0.2, 0.25) is 0 Å². The lowest BCUT2D eigenvalue weighted by Crippen LogP contribution is -2.18. The van der Waals surface area contributed by atoms with Crippen molar-refractivity contribution in [2.24, 2.45) is 0 Å². The predicted molar refractivity (Wildman–Crippen MR) is 143 cm³/mol. The Bertz CT molecular complexity index is 1390. The third kappa shape index (κ3) is 5.92. The number of aliphatic hydroxyl groups is 1. The van der Waals surface area contributed by atoms with E-state index in [0.717, 1.165) is 16.5 Å². The fourth-order valence-electron chi connectivity index (χ4n) is 4.37. The van der Waals surface area contributed by atoms with Gasteiger partial charge in [0.05, 0.1) is 43.8 Å². The number of fused-ring (bicyclic) bond motifs is 2. The topological polar surface area (TPSA) is 130 Å². The third-order valence-corrected chi connectivity index (χ3v) is 6.25. The molecule has 0 bridgehead atoms. The highest BCUT2D eigenvalue weighted by molar-refractivity contribution is 6.11. The van der Waals surface area contributed by atoms with Gasteiger partial charge in [0.25, 0.3) is 0 Å². The van der Waals surface area contributed by atoms with Crippen molar-refractivity contribution in [3.63, 3.8) is 0 Å². The Kier molecular flexibility index (Phi) is 8.42. The number of H-pyrrole nitrogens is 1. The van der Waals surface area contributed by atoms with Crippen LogP contribution in [0.1, 0.15) is 35.8 Å². The average Bonchev–Trinajstić information content (AvgIpc) is 3.44. The SMILES string of the molecule is COCCC(=O)Nc1c(C(=O)OC)n(CCc2c[nH]c3ccccc23)c2ncc(NCC[C@@H](C)O)cc12. The minimum absolute atomic E-state index is 0.138. The van der Waals surface area contributed by atoms with Gasteiger partial charge in [0.2, 0.25) is 5.91 Å². The van der Waals surface area contributed by atoms with E-state index in [1.807, 2.05) is 30.5 Å². The summed E-state index contributed by atoms with van der Waals surface area (Å²) < 4.78 is 12.0. The second-order valence-electron chi connectivity index (χ2n) is 8.93. The monoisotopic (exact) mass is 507 g/mol. The van der Waals surface area contributed by atoms with Gasteiger partial charge in [-0.25, -0.2) is 9.78 Å². The Labute approximate surface area is 215 Å². The molecule has 0 radical (unpaired) electrons. The van der Waals surface area contributed by atoms with Crippen molar-refractivity contribution in [2.75, 3.05) is 38.0 Å². The van der Waals surface area contributed by atoms with E-state index in [-0.39, 0.29) is 24.6 Å². The number of anilines is 2. The Morgan fingerprint density at radius 1 is 1.22 bits per heavy atom. The highest BCUT2D eigenvalue weighted by atomic mass is 16.5. The zero-order chi connectivity index (χ0) is 26.4. The number of nitrogens with one attached hydrogen (secondary N) is 3. The summed E-state index contributed by atoms with van der Waals surface area (Å²) in [5.74, 6) is -0.849. The molecule has 3 heterocycles. The van der Waals surface area contributed by atoms with E-state index in [0.29, 0.717) is 48.3 Å². The zero-order valence-corrected chi connectivity index (χ0v) is 21.3. The van der Waals surface area contributed by atoms with Crippen LogP contribution in [0.15, 0.2) is 42.7 Å². The largest absolute Gasteiger partial charge is 0.464 e. The number of methoxy groups -OCH3 is 2. The molecule has 4 aromatic rings. The molecule has 0 aliphatic carbocycles. The molecule has 0 spiro atoms. The van der Waals surface area contributed by atoms with Gasteiger partial charge in [-0.15, -0.1) is 0 Å². The van der Waals surface area contributed by atoms with Crippen LogP contribution in [-0.4, -0.2) is 65.0 Å². The van der Waals surface area contributed by atoms with Crippen molar-refractivity contribution in [1.29, 1.82) is 0 Å². The summed E-state index contributed by atoms with van der Waals surface area (Å²) in [4.78, 5) is 33.7. The Hall–Kier alpha value is -3.89. The number of rotatable bonds is 12. The van der Waals surface area contributed by atoms with Crippen LogP contribution in [-0.2, 0) is 27.2 Å². The molecule has 3 aromatic heterocycles. The van der Waals surface area contributed by atoms with Crippen molar-refractivity contribution in [3.05, 3.63) is 54.0 Å². The molecule has 4 rings (SSSR count). The summed E-state index contributed by atoms with van der Waals surface area (Å²) in [7, 11) is 2.84. The van der Waals surface area contributed by atoms with Crippen LogP contribution >= 0.6 is 0 Å². The van der Waals surface area contributed by atoms with Crippen molar-refractivity contribution < 1.29 is 24.2 Å². The number of aromatic nitrogens is 3. The maximum Gasteiger partial charge on any atom is 0.356 e. The van der Waals surface area contributed by atoms with Gasteiger partial charge in [0, 0.05) is 42.7 Å². The molecule has 0 saturated carbocycles. The first-order chi connectivity index (χ1) is 17.9. The lowest BCUT2D eigenvalue weighted by Gasteiger charge is -2.11. The molecule has 4 N–H and O–H groups in total. The van der Waals surface area contributed by atoms with Crippen molar-refractivity contribution in [2.45, 2.75) is 38.8 Å². The first-order valence-corrected chi connectivity index (χ1v) is 12.3. The number of aryl methyl sites for hydroxylation is 2. The predicted octanol–water partition coefficient (Wildman–Crippen LogP) is 3.70. The van der Waals surface area contributed by atoms with Gasteiger partial charge < -0.3 is 34.8 Å². The highest BCUT2D eigenvalue weighted by Crippen LogP contribution is 2.33. The number of nitrogens with zero attached hydrogens (tertiary/aromatic N) is 2. The first-order valence-electron chi connectivity index (χ1n) is 12.3. The second-order valence-corrected chi connectivity index (χ2v) is 8.93. The van der Waals surface area contributed by atoms with Crippen LogP contribution in [0.25, 0.3) is 21.9 Å². The maximum atomic E-state index is 13.0. The number of pyridine rings is 1. The fourth-order valence-corrected chi connectivity index (χ4v) is 4.37. The molecule has 0 aliphatic rings. The van der Waals surface area contributed by atoms with Gasteiger partial charge in [-0.1, -0.05) is 18.2 Å². The normalized spacial score (nSPS) is 12.1. The zero-order valence-electron chi connectivity index (χ0n) is 21.3. The minimum Gasteiger partial charge on any atom is -0.464 e. The standard InChI is InChI=1S/C27H33N5O5/c1-17(33)8-11-28-19-14-21-24(31-23(34)10-13-36-2)25(27(35)37-3)32(26(21)30-16-19)12-9-18-15-29-22-7-5-4-6-20(18)22/h4-7,14-17,28-29,33H,8-13H2,1-3H3,(H,31,34)/t17-/m1/s1. The lowest BCUT2D eigenvalue weighted by atomic mass is 10.1. The number of para-hydroxylation sites is 1. The quantitative estimate of drug-likeness (QED) is 0.215. The minimum atomic E-state index is -0.567. The molecule has 196 valence electrons. The lowest BCUT2D eigenvalue weighted by molar-refractivity contribution is -0.117. The molecule has 10 nitrogen and oxygen atoms in total. The number of benzene rings is 1. The summed E-state index contributed by atoms with van der Waals surface area (Å²) in [6, 6.07) is 9.90. The van der Waals surface area contributed by atoms with E-state index < -0.39 is 12.1 Å². The molecule has 10 heteroatoms. The highest BCUT2D eigenvalue weighted by Gasteiger charge is 2.26. The first kappa shape index (κ1) is 26.2. The summed E-state index contributed by atoms with van der Waals surface area (Å²) >= 11 is 0. The number of hydrogen-bond donors (Lipinski definition) is 4. The molecular formula is C27H33N5O5. The van der Waals surface area contributed by atoms with E-state index in [1.54, 1.807) is 17.7 Å². The van der Waals surface area contributed by atoms with E-state index in [9.17, 15) is 14.7 Å². The number of esters is 1. The summed E-state index contributed by atoms with van der Waals surface area (Å²) in [5, 5.41) is 17.4. The molecule has 0 unspecified atom stereocenters. The Balaban J connectivity index is 1.75. The van der Waals surface area contributed by atoms with E-state index in [1.165, 1.54) is 14.2 Å². The van der Waals surface area contributed by atoms with E-state index in [2.05, 4.69) is 26.7 Å². The Morgan fingerprint density at radius 2 is 2.03 bits per heavy atom. The second kappa shape index (κ2) is 11.9. The summed E-state index contributed by atoms with van der Waals surface area (Å²) in [6.07, 6.45) is 4.56. The maximum absolute atomic E-state index is 13.0. The van der Waals surface area contributed by atoms with Gasteiger partial charge >= 0.3 is 5.97 Å². The number of aromatic amines is 1. The van der Waals surface area contributed by atoms with Crippen molar-refractivity contribution in [1.82, 2.24) is 14.5 Å². The summed E-state index contributed by atoms with van der Waals surface area (Å²) in [5.41, 5.74) is 4.01. The van der Waals surface area contributed by atoms with Crippen LogP contribution in [0, 0.1) is 0 Å². The number of hydrogen-bond acceptors (Lipinski definition) is 7. The molecule has 0 fully saturated rings. The number of aliphatic hydroxyl groups excluding tert-OH is 1. The molecular weight excluding hydrogens is 474 g/mol. The van der Waals surface area contributed by atoms with Crippen LogP contribution in [0.4, 0.5) is 11.4 Å². The smallest absolute Gasteiger partial charge is 0.356 e. The number of ether oxygens (including phenoxy) is 2. The molecule has 37 heavy (non-hydrogen) atoms. The Morgan fingerprint density at radius 3 is 2.78 bits per heavy atom. The van der Waals surface area contributed by atoms with E-state index in [4.69, 9.17) is 9.47 Å². The number of carbonyl (C=O) groups excluding carboxylic acids is 2. The third-order valence-electron chi connectivity index (χ3n) is 6.25. The molecule has 1 aromatic carbocycles. The molecule has 0 aliphatic heterocycles. The summed E-state index contributed by atoms with van der Waals surface area (Å²) in [6.45, 7) is 2.97. The van der Waals surface area contributed by atoms with Crippen molar-refractivity contribution >= 4 is 45.2 Å². The fraction of sp³-hybridized carbons (Fsp3) is 0.370. The van der Waals surface area contributed by atoms with Crippen molar-refractivity contribution in [3.8, 4) is 0 Å². The molecule has 0 saturated heterocycles. The van der Waals surface area contributed by atoms with Gasteiger partial charge in [-0.3, -0.25) is 4.79 Å². The van der Waals surface area contributed by atoms with Crippen LogP contribution in [0.5, 0.6) is 0 Å². The number of carbonyl (C=O) groups is 2. The van der Waals surface area contributed by atoms with Gasteiger partial charge in [-0.2, -0.15) is 0 Å². The molecule has 1 amide bonds. The van der Waals surface area contributed by atoms with Crippen LogP contribution in [0.3, 0.4) is 0 Å². The molecule has 1 atom stereocenters. The van der Waals surface area contributed by atoms with Gasteiger partial charge in [0.1, 0.15) is 5.65 Å². The van der Waals surface area contributed by atoms with Crippen LogP contribution < -0.4 is 10.6 Å². The number of amides is 1. The van der Waals surface area contributed by atoms with Gasteiger partial charge in [0.15, 0.2) is 5.69 Å². The average molecular weight is 508 g/mol. The van der Waals surface area contributed by atoms with E-state index >= 15 is 0 Å². The van der Waals surface area contributed by atoms with Gasteiger partial charge in [-0.05, 0) is 37.5 Å².